The number of fused-ring (bicyclic) bond motifs is 4. The summed E-state index contributed by atoms with van der Waals surface area (Å²) in [6, 6.07) is 19.2. The van der Waals surface area contributed by atoms with Crippen LogP contribution in [-0.4, -0.2) is 98.4 Å². The van der Waals surface area contributed by atoms with Crippen LogP contribution >= 0.6 is 0 Å². The van der Waals surface area contributed by atoms with Gasteiger partial charge in [-0.2, -0.15) is 9.59 Å². The number of unbranched alkanes of at least 4 members (excludes halogenated alkanes) is 1. The second-order valence-corrected chi connectivity index (χ2v) is 13.5. The minimum absolute atomic E-state index is 0. The topological polar surface area (TPSA) is 259 Å². The van der Waals surface area contributed by atoms with E-state index in [1.807, 2.05) is 0 Å². The summed E-state index contributed by atoms with van der Waals surface area (Å²) in [7, 11) is 1.34. The van der Waals surface area contributed by atoms with E-state index in [0.717, 1.165) is 12.8 Å². The van der Waals surface area contributed by atoms with Crippen LogP contribution < -0.4 is 70.3 Å². The van der Waals surface area contributed by atoms with Crippen LogP contribution in [0.1, 0.15) is 116 Å². The molecule has 0 heterocycles. The summed E-state index contributed by atoms with van der Waals surface area (Å²) >= 11 is 0. The van der Waals surface area contributed by atoms with E-state index in [-0.39, 0.29) is 140 Å². The van der Waals surface area contributed by atoms with Crippen LogP contribution in [0.2, 0.25) is 0 Å². The Morgan fingerprint density at radius 3 is 1.19 bits per heavy atom. The van der Waals surface area contributed by atoms with Gasteiger partial charge < -0.3 is 39.0 Å². The van der Waals surface area contributed by atoms with Crippen LogP contribution in [0.3, 0.4) is 0 Å². The molecular weight excluding hydrogens is 864 g/mol. The molecular formula is C46H45KO17. The van der Waals surface area contributed by atoms with E-state index < -0.39 is 5.97 Å². The number of hydrogen-bond acceptors (Lipinski definition) is 16. The van der Waals surface area contributed by atoms with Gasteiger partial charge in [0.1, 0.15) is 23.0 Å². The van der Waals surface area contributed by atoms with E-state index in [2.05, 4.69) is 16.4 Å². The Labute approximate surface area is 410 Å². The van der Waals surface area contributed by atoms with E-state index in [0.29, 0.717) is 90.8 Å². The third-order valence-electron chi connectivity index (χ3n) is 9.26. The molecule has 0 bridgehead atoms. The van der Waals surface area contributed by atoms with Crippen molar-refractivity contribution in [2.75, 3.05) is 40.1 Å². The molecule has 17 nitrogen and oxygen atoms in total. The summed E-state index contributed by atoms with van der Waals surface area (Å²) in [6.07, 6.45) is 3.78. The van der Waals surface area contributed by atoms with Crippen molar-refractivity contribution >= 4 is 47.7 Å². The van der Waals surface area contributed by atoms with E-state index in [9.17, 15) is 33.6 Å². The standard InChI is InChI=1S/C23H24O6.C22H20O8.CO2.K.H2O/c1-3-4-11-28-15-7-9-17-19(13-15)22(25)18-10-8-16(14-20(18)23(17)26)29-12-5-6-21(24)27-2;23-13-28-8-2-10-30-15-5-7-17-19(12-15)22(27)16-6-4-14(11-18(16)21(17)26)29-9-1-3-20(24)25;2-1-3;;/h7-10,13-14H,3-6,11-12H2,1-2H3;4-7,11-13H,1-3,8-10H2,(H,24,25);;;1H2/q;;;+1;/p-1. The molecule has 2 aliphatic rings. The number of methoxy groups -OCH3 is 1. The minimum atomic E-state index is -0.904. The van der Waals surface area contributed by atoms with Gasteiger partial charge in [0.15, 0.2) is 23.1 Å². The molecule has 0 fully saturated rings. The zero-order valence-corrected chi connectivity index (χ0v) is 38.6. The summed E-state index contributed by atoms with van der Waals surface area (Å²) in [6.45, 7) is 4.06. The number of benzene rings is 4. The predicted octanol–water partition coefficient (Wildman–Crippen LogP) is 2.86. The molecule has 332 valence electrons. The first-order valence-electron chi connectivity index (χ1n) is 19.6. The normalized spacial score (nSPS) is 11.3. The molecule has 64 heavy (non-hydrogen) atoms. The van der Waals surface area contributed by atoms with Crippen molar-refractivity contribution < 1.29 is 134 Å². The number of aliphatic carboxylic acids is 1. The molecule has 0 radical (unpaired) electrons. The molecule has 0 aromatic heterocycles. The number of rotatable bonds is 20. The second-order valence-electron chi connectivity index (χ2n) is 13.5. The first kappa shape index (κ1) is 54.3. The van der Waals surface area contributed by atoms with Crippen LogP contribution in [0, 0.1) is 0 Å². The molecule has 6 rings (SSSR count). The van der Waals surface area contributed by atoms with Crippen molar-refractivity contribution in [2.45, 2.75) is 51.9 Å². The number of carboxylic acids is 1. The van der Waals surface area contributed by atoms with Gasteiger partial charge in [-0.3, -0.25) is 33.6 Å². The average molecular weight is 909 g/mol. The number of ether oxygens (including phenoxy) is 6. The second kappa shape index (κ2) is 28.0. The number of carbonyl (C=O) groups excluding carboxylic acids is 8. The number of ketones is 4. The van der Waals surface area contributed by atoms with Crippen molar-refractivity contribution in [1.82, 2.24) is 0 Å². The van der Waals surface area contributed by atoms with Crippen molar-refractivity contribution in [3.8, 4) is 23.0 Å². The number of carbonyl (C=O) groups is 7. The van der Waals surface area contributed by atoms with Gasteiger partial charge >= 0.3 is 69.5 Å². The fourth-order valence-corrected chi connectivity index (χ4v) is 6.21. The molecule has 0 spiro atoms. The summed E-state index contributed by atoms with van der Waals surface area (Å²) in [5.41, 5.74) is 2.50. The molecule has 0 atom stereocenters. The van der Waals surface area contributed by atoms with Crippen LogP contribution in [0.25, 0.3) is 0 Å². The maximum atomic E-state index is 12.9. The molecule has 2 N–H and O–H groups in total. The third-order valence-corrected chi connectivity index (χ3v) is 9.26. The predicted molar refractivity (Wildman–Crippen MR) is 218 cm³/mol. The van der Waals surface area contributed by atoms with E-state index in [4.69, 9.17) is 33.6 Å². The van der Waals surface area contributed by atoms with Crippen molar-refractivity contribution in [1.29, 1.82) is 0 Å². The number of carboxylic acid groups (broad SMARTS) is 1. The Bertz CT molecular complexity index is 2330. The van der Waals surface area contributed by atoms with Gasteiger partial charge in [0.25, 0.3) is 6.47 Å². The first-order valence-corrected chi connectivity index (χ1v) is 19.6. The zero-order valence-electron chi connectivity index (χ0n) is 35.5. The smallest absolute Gasteiger partial charge is 0.870 e. The van der Waals surface area contributed by atoms with Crippen LogP contribution in [0.4, 0.5) is 0 Å². The Morgan fingerprint density at radius 1 is 0.547 bits per heavy atom. The van der Waals surface area contributed by atoms with Gasteiger partial charge in [0, 0.05) is 63.8 Å². The average Bonchev–Trinajstić information content (AvgIpc) is 3.28. The van der Waals surface area contributed by atoms with E-state index >= 15 is 0 Å². The van der Waals surface area contributed by atoms with Gasteiger partial charge in [-0.15, -0.1) is 0 Å². The third kappa shape index (κ3) is 15.2. The molecule has 0 saturated heterocycles. The van der Waals surface area contributed by atoms with Gasteiger partial charge in [-0.05, 0) is 92.1 Å². The summed E-state index contributed by atoms with van der Waals surface area (Å²) < 4.78 is 31.5. The van der Waals surface area contributed by atoms with Crippen molar-refractivity contribution in [3.05, 3.63) is 117 Å². The fraction of sp³-hybridized carbons (Fsp3) is 0.304. The van der Waals surface area contributed by atoms with E-state index in [1.165, 1.54) is 25.3 Å². The van der Waals surface area contributed by atoms with Crippen molar-refractivity contribution in [2.24, 2.45) is 0 Å². The summed E-state index contributed by atoms with van der Waals surface area (Å²) in [4.78, 5) is 99.7. The largest absolute Gasteiger partial charge is 1.00 e. The maximum Gasteiger partial charge on any atom is 1.00 e. The zero-order chi connectivity index (χ0) is 45.0. The first-order chi connectivity index (χ1) is 30.0. The van der Waals surface area contributed by atoms with Gasteiger partial charge in [-0.1, -0.05) is 13.3 Å². The molecule has 4 aromatic carbocycles. The maximum absolute atomic E-state index is 12.9. The van der Waals surface area contributed by atoms with Gasteiger partial charge in [-0.25, -0.2) is 0 Å². The molecule has 0 saturated carbocycles. The van der Waals surface area contributed by atoms with Crippen LogP contribution in [0.5, 0.6) is 23.0 Å². The number of hydrogen-bond donors (Lipinski definition) is 1. The molecule has 0 amide bonds. The summed E-state index contributed by atoms with van der Waals surface area (Å²) in [5, 5.41) is 8.66. The minimum Gasteiger partial charge on any atom is -0.870 e. The Balaban J connectivity index is 0.000000403. The monoisotopic (exact) mass is 908 g/mol. The molecule has 18 heteroatoms. The van der Waals surface area contributed by atoms with Gasteiger partial charge in [0.2, 0.25) is 0 Å². The van der Waals surface area contributed by atoms with E-state index in [1.54, 1.807) is 54.6 Å². The van der Waals surface area contributed by atoms with Crippen molar-refractivity contribution in [3.63, 3.8) is 0 Å². The molecule has 2 aliphatic carbocycles. The Kier molecular flexibility index (Phi) is 23.8. The molecule has 4 aromatic rings. The fourth-order valence-electron chi connectivity index (χ4n) is 6.21. The molecule has 0 unspecified atom stereocenters. The van der Waals surface area contributed by atoms with Crippen LogP contribution in [-0.2, 0) is 33.4 Å². The van der Waals surface area contributed by atoms with Crippen LogP contribution in [0.15, 0.2) is 72.8 Å². The molecule has 0 aliphatic heterocycles. The Morgan fingerprint density at radius 2 is 0.875 bits per heavy atom. The number of esters is 1. The Hall–Kier alpha value is -5.85. The summed E-state index contributed by atoms with van der Waals surface area (Å²) in [5.74, 6) is -0.265. The van der Waals surface area contributed by atoms with Gasteiger partial charge in [0.05, 0.1) is 40.1 Å². The quantitative estimate of drug-likeness (QED) is 0.0500. The SMILES string of the molecule is CCCCOc1ccc2c(c1)C(=O)c1ccc(OCCCC(=O)OC)cc1C2=O.O=C=O.O=COCCCOc1ccc2c(c1)C(=O)c1ccc(OCCCC(=O)O)cc1C2=O.[K+].[OH-].